The zero-order valence-corrected chi connectivity index (χ0v) is 20.3. The van der Waals surface area contributed by atoms with E-state index in [0.29, 0.717) is 41.4 Å². The highest BCUT2D eigenvalue weighted by molar-refractivity contribution is 8.00. The molecule has 0 fully saturated rings. The number of carbonyl (C=O) groups is 1. The van der Waals surface area contributed by atoms with Gasteiger partial charge in [0, 0.05) is 25.9 Å². The molecule has 1 atom stereocenters. The lowest BCUT2D eigenvalue weighted by Gasteiger charge is -2.13. The molecule has 2 heterocycles. The Balaban J connectivity index is 1.45. The van der Waals surface area contributed by atoms with E-state index >= 15 is 0 Å². The smallest absolute Gasteiger partial charge is 0.262 e. The number of methoxy groups -OCH3 is 1. The lowest BCUT2D eigenvalue weighted by molar-refractivity contribution is -0.115. The van der Waals surface area contributed by atoms with E-state index in [1.54, 1.807) is 17.7 Å². The number of fused-ring (bicyclic) bond motifs is 4. The van der Waals surface area contributed by atoms with Gasteiger partial charge in [0.1, 0.15) is 0 Å². The number of amides is 1. The van der Waals surface area contributed by atoms with Crippen LogP contribution in [0.15, 0.2) is 76.7 Å². The largest absolute Gasteiger partial charge is 0.385 e. The van der Waals surface area contributed by atoms with E-state index in [2.05, 4.69) is 15.5 Å². The van der Waals surface area contributed by atoms with Gasteiger partial charge in [-0.15, -0.1) is 10.2 Å². The van der Waals surface area contributed by atoms with Gasteiger partial charge >= 0.3 is 0 Å². The minimum absolute atomic E-state index is 0.116. The maximum atomic E-state index is 13.1. The van der Waals surface area contributed by atoms with Crippen LogP contribution in [0, 0.1) is 0 Å². The number of nitrogens with zero attached hydrogens (tertiary/aromatic N) is 4. The first kappa shape index (κ1) is 23.1. The molecule has 0 bridgehead atoms. The molecule has 0 saturated carbocycles. The van der Waals surface area contributed by atoms with Crippen molar-refractivity contribution in [3.05, 3.63) is 77.1 Å². The molecular formula is C26H25N5O3S. The molecular weight excluding hydrogens is 462 g/mol. The summed E-state index contributed by atoms with van der Waals surface area (Å²) in [5.74, 6) is 0.314. The Morgan fingerprint density at radius 1 is 1.06 bits per heavy atom. The van der Waals surface area contributed by atoms with E-state index in [1.807, 2.05) is 72.0 Å². The monoisotopic (exact) mass is 487 g/mol. The Morgan fingerprint density at radius 2 is 1.83 bits per heavy atom. The van der Waals surface area contributed by atoms with Crippen molar-refractivity contribution in [3.63, 3.8) is 0 Å². The summed E-state index contributed by atoms with van der Waals surface area (Å²) in [6.45, 7) is 2.83. The van der Waals surface area contributed by atoms with Gasteiger partial charge in [0.05, 0.1) is 16.2 Å². The number of aryl methyl sites for hydroxylation is 1. The Bertz CT molecular complexity index is 1590. The van der Waals surface area contributed by atoms with E-state index in [0.717, 1.165) is 16.5 Å². The van der Waals surface area contributed by atoms with Crippen LogP contribution in [0.1, 0.15) is 13.3 Å². The van der Waals surface area contributed by atoms with Crippen molar-refractivity contribution >= 4 is 50.8 Å². The van der Waals surface area contributed by atoms with Crippen molar-refractivity contribution in [2.24, 2.45) is 0 Å². The van der Waals surface area contributed by atoms with E-state index in [-0.39, 0.29) is 11.5 Å². The van der Waals surface area contributed by atoms with Gasteiger partial charge in [0.15, 0.2) is 5.16 Å². The number of benzene rings is 3. The molecule has 3 aromatic carbocycles. The molecule has 0 radical (unpaired) electrons. The number of aromatic nitrogens is 4. The van der Waals surface area contributed by atoms with Crippen LogP contribution < -0.4 is 10.9 Å². The highest BCUT2D eigenvalue weighted by atomic mass is 32.2. The Labute approximate surface area is 205 Å². The van der Waals surface area contributed by atoms with Gasteiger partial charge in [-0.3, -0.25) is 18.6 Å². The van der Waals surface area contributed by atoms with Crippen LogP contribution in [0.25, 0.3) is 27.5 Å². The van der Waals surface area contributed by atoms with Crippen molar-refractivity contribution in [2.75, 3.05) is 19.0 Å². The van der Waals surface area contributed by atoms with Crippen LogP contribution >= 0.6 is 11.8 Å². The van der Waals surface area contributed by atoms with Crippen molar-refractivity contribution in [2.45, 2.75) is 30.3 Å². The van der Waals surface area contributed by atoms with Crippen LogP contribution in [-0.4, -0.2) is 44.0 Å². The Morgan fingerprint density at radius 3 is 2.66 bits per heavy atom. The van der Waals surface area contributed by atoms with E-state index in [1.165, 1.54) is 11.8 Å². The number of hydrogen-bond donors (Lipinski definition) is 1. The van der Waals surface area contributed by atoms with Crippen LogP contribution in [0.5, 0.6) is 0 Å². The fourth-order valence-electron chi connectivity index (χ4n) is 4.10. The van der Waals surface area contributed by atoms with Crippen molar-refractivity contribution in [1.29, 1.82) is 0 Å². The number of thioether (sulfide) groups is 1. The Kier molecular flexibility index (Phi) is 6.52. The molecule has 5 aromatic rings. The van der Waals surface area contributed by atoms with Gasteiger partial charge in [-0.05, 0) is 48.4 Å². The molecule has 0 aliphatic rings. The predicted molar refractivity (Wildman–Crippen MR) is 139 cm³/mol. The highest BCUT2D eigenvalue weighted by Crippen LogP contribution is 2.26. The molecule has 9 heteroatoms. The molecule has 178 valence electrons. The molecule has 0 aliphatic carbocycles. The maximum absolute atomic E-state index is 13.1. The fraction of sp³-hybridized carbons (Fsp3) is 0.231. The van der Waals surface area contributed by atoms with E-state index in [4.69, 9.17) is 4.74 Å². The zero-order valence-electron chi connectivity index (χ0n) is 19.5. The van der Waals surface area contributed by atoms with Gasteiger partial charge in [-0.2, -0.15) is 0 Å². The summed E-state index contributed by atoms with van der Waals surface area (Å²) >= 11 is 1.31. The minimum Gasteiger partial charge on any atom is -0.385 e. The third kappa shape index (κ3) is 4.52. The summed E-state index contributed by atoms with van der Waals surface area (Å²) in [7, 11) is 1.63. The molecule has 35 heavy (non-hydrogen) atoms. The minimum atomic E-state index is -0.443. The zero-order chi connectivity index (χ0) is 24.4. The first-order valence-corrected chi connectivity index (χ1v) is 12.3. The van der Waals surface area contributed by atoms with Crippen LogP contribution in [0.2, 0.25) is 0 Å². The molecule has 5 rings (SSSR count). The highest BCUT2D eigenvalue weighted by Gasteiger charge is 2.21. The summed E-state index contributed by atoms with van der Waals surface area (Å²) in [4.78, 5) is 26.2. The summed E-state index contributed by atoms with van der Waals surface area (Å²) in [5, 5.41) is 14.5. The standard InChI is InChI=1S/C26H25N5O3S/c1-17(23(32)27-20-13-12-18-8-3-4-9-19(18)16-20)35-26-29-28-25-30(14-7-15-34-2)24(33)21-10-5-6-11-22(21)31(25)26/h3-6,8-13,16-17H,7,14-15H2,1-2H3,(H,27,32). The quantitative estimate of drug-likeness (QED) is 0.258. The number of hydrogen-bond acceptors (Lipinski definition) is 6. The average molecular weight is 488 g/mol. The molecule has 8 nitrogen and oxygen atoms in total. The lowest BCUT2D eigenvalue weighted by Crippen LogP contribution is -2.24. The number of anilines is 1. The van der Waals surface area contributed by atoms with Gasteiger partial charge < -0.3 is 10.1 Å². The molecule has 1 unspecified atom stereocenters. The van der Waals surface area contributed by atoms with Gasteiger partial charge in [-0.25, -0.2) is 0 Å². The normalized spacial score (nSPS) is 12.4. The van der Waals surface area contributed by atoms with Gasteiger partial charge in [0.2, 0.25) is 11.7 Å². The van der Waals surface area contributed by atoms with Crippen LogP contribution in [0.4, 0.5) is 5.69 Å². The summed E-state index contributed by atoms with van der Waals surface area (Å²) in [6.07, 6.45) is 0.671. The summed E-state index contributed by atoms with van der Waals surface area (Å²) in [5.41, 5.74) is 1.34. The molecule has 0 aliphatic heterocycles. The van der Waals surface area contributed by atoms with Crippen LogP contribution in [-0.2, 0) is 16.1 Å². The van der Waals surface area contributed by atoms with Crippen LogP contribution in [0.3, 0.4) is 0 Å². The number of rotatable bonds is 8. The number of nitrogens with one attached hydrogen (secondary N) is 1. The number of ether oxygens (including phenoxy) is 1. The number of carbonyl (C=O) groups excluding carboxylic acids is 1. The summed E-state index contributed by atoms with van der Waals surface area (Å²) in [6, 6.07) is 21.3. The Hall–Kier alpha value is -3.69. The van der Waals surface area contributed by atoms with Crippen molar-refractivity contribution < 1.29 is 9.53 Å². The second-order valence-corrected chi connectivity index (χ2v) is 9.56. The van der Waals surface area contributed by atoms with E-state index in [9.17, 15) is 9.59 Å². The third-order valence-corrected chi connectivity index (χ3v) is 6.92. The molecule has 2 aromatic heterocycles. The fourth-order valence-corrected chi connectivity index (χ4v) is 4.96. The van der Waals surface area contributed by atoms with Gasteiger partial charge in [0.25, 0.3) is 5.56 Å². The second kappa shape index (κ2) is 9.89. The lowest BCUT2D eigenvalue weighted by atomic mass is 10.1. The first-order chi connectivity index (χ1) is 17.1. The SMILES string of the molecule is COCCCn1c(=O)c2ccccc2n2c(SC(C)C(=O)Nc3ccc4ccccc4c3)nnc12. The molecule has 1 amide bonds. The van der Waals surface area contributed by atoms with Crippen molar-refractivity contribution in [3.8, 4) is 0 Å². The van der Waals surface area contributed by atoms with Crippen molar-refractivity contribution in [1.82, 2.24) is 19.2 Å². The molecule has 1 N–H and O–H groups in total. The average Bonchev–Trinajstić information content (AvgIpc) is 3.29. The maximum Gasteiger partial charge on any atom is 0.262 e. The molecule has 0 spiro atoms. The number of para-hydroxylation sites is 1. The summed E-state index contributed by atoms with van der Waals surface area (Å²) < 4.78 is 8.63. The van der Waals surface area contributed by atoms with Gasteiger partial charge in [-0.1, -0.05) is 54.2 Å². The first-order valence-electron chi connectivity index (χ1n) is 11.4. The second-order valence-electron chi connectivity index (χ2n) is 8.25. The molecule has 0 saturated heterocycles. The topological polar surface area (TPSA) is 90.5 Å². The predicted octanol–water partition coefficient (Wildman–Crippen LogP) is 4.35. The van der Waals surface area contributed by atoms with E-state index < -0.39 is 5.25 Å². The third-order valence-electron chi connectivity index (χ3n) is 5.88.